The van der Waals surface area contributed by atoms with Gasteiger partial charge in [-0.2, -0.15) is 0 Å². The third-order valence-electron chi connectivity index (χ3n) is 1.68. The van der Waals surface area contributed by atoms with E-state index in [4.69, 9.17) is 15.7 Å². The maximum atomic E-state index is 8.88. The Morgan fingerprint density at radius 3 is 2.33 bits per heavy atom. The summed E-state index contributed by atoms with van der Waals surface area (Å²) in [6.45, 7) is 2.10. The molecule has 0 aliphatic carbocycles. The van der Waals surface area contributed by atoms with E-state index in [1.54, 1.807) is 0 Å². The minimum absolute atomic E-state index is 0.248. The van der Waals surface area contributed by atoms with Gasteiger partial charge in [0.15, 0.2) is 6.27 Å². The Bertz CT molecular complexity index is 192. The molecule has 0 fully saturated rings. The number of hydrogen-bond donors (Lipinski definition) is 2. The Labute approximate surface area is 81.2 Å². The summed E-state index contributed by atoms with van der Waals surface area (Å²) in [4.78, 5) is 0. The summed E-state index contributed by atoms with van der Waals surface area (Å²) < 4.78 is 28.9. The van der Waals surface area contributed by atoms with Crippen molar-refractivity contribution in [1.82, 2.24) is 0 Å². The first-order valence-corrected chi connectivity index (χ1v) is 4.60. The molecule has 0 saturated heterocycles. The van der Waals surface area contributed by atoms with Crippen molar-refractivity contribution in [2.24, 2.45) is 0 Å². The van der Waals surface area contributed by atoms with Gasteiger partial charge in [-0.1, -0.05) is 45.4 Å². The summed E-state index contributed by atoms with van der Waals surface area (Å²) in [6.07, 6.45) is -1.94. The molecular formula is C10H22O2. The number of aliphatic hydroxyl groups is 2. The fourth-order valence-corrected chi connectivity index (χ4v) is 1.01. The monoisotopic (exact) mass is 178 g/mol. The fourth-order valence-electron chi connectivity index (χ4n) is 1.01. The molecule has 2 heteroatoms. The summed E-state index contributed by atoms with van der Waals surface area (Å²) in [5.41, 5.74) is 0. The molecule has 0 heterocycles. The number of unbranched alkanes of at least 4 members (excludes halogenated alkanes) is 4. The van der Waals surface area contributed by atoms with Crippen LogP contribution in [-0.4, -0.2) is 16.5 Å². The van der Waals surface area contributed by atoms with Crippen molar-refractivity contribution in [3.63, 3.8) is 0 Å². The molecule has 0 spiro atoms. The van der Waals surface area contributed by atoms with Crippen LogP contribution < -0.4 is 0 Å². The van der Waals surface area contributed by atoms with Crippen LogP contribution in [-0.2, 0) is 0 Å². The fraction of sp³-hybridized carbons (Fsp3) is 1.00. The largest absolute Gasteiger partial charge is 0.368 e. The van der Waals surface area contributed by atoms with Crippen molar-refractivity contribution < 1.29 is 15.7 Å². The average molecular weight is 178 g/mol. The Morgan fingerprint density at radius 1 is 1.17 bits per heavy atom. The Morgan fingerprint density at radius 2 is 1.75 bits per heavy atom. The molecule has 0 bridgehead atoms. The zero-order valence-electron chi connectivity index (χ0n) is 11.7. The van der Waals surface area contributed by atoms with Gasteiger partial charge in [-0.3, -0.25) is 0 Å². The highest BCUT2D eigenvalue weighted by molar-refractivity contribution is 4.46. The Kier molecular flexibility index (Phi) is 4.80. The standard InChI is InChI=1S/C10H22O2/c1-2-3-4-5-6-7-8-9-10(11)12/h10-12H,2-9H2,1H3/i8D,9D2,10D. The van der Waals surface area contributed by atoms with Crippen LogP contribution in [0.1, 0.15) is 63.7 Å². The van der Waals surface area contributed by atoms with Crippen LogP contribution >= 0.6 is 0 Å². The molecular weight excluding hydrogens is 152 g/mol. The highest BCUT2D eigenvalue weighted by Crippen LogP contribution is 2.08. The van der Waals surface area contributed by atoms with E-state index in [-0.39, 0.29) is 6.42 Å². The van der Waals surface area contributed by atoms with Gasteiger partial charge >= 0.3 is 0 Å². The van der Waals surface area contributed by atoms with Crippen LogP contribution in [0, 0.1) is 0 Å². The van der Waals surface area contributed by atoms with E-state index in [0.717, 1.165) is 25.7 Å². The Balaban J connectivity index is 3.92. The van der Waals surface area contributed by atoms with Crippen LogP contribution in [0.4, 0.5) is 0 Å². The van der Waals surface area contributed by atoms with E-state index in [2.05, 4.69) is 6.92 Å². The molecule has 2 N–H and O–H groups in total. The molecule has 1 unspecified atom stereocenters. The summed E-state index contributed by atoms with van der Waals surface area (Å²) in [5, 5.41) is 17.8. The van der Waals surface area contributed by atoms with Crippen molar-refractivity contribution in [2.45, 2.75) is 64.5 Å². The van der Waals surface area contributed by atoms with Crippen LogP contribution in [0.15, 0.2) is 0 Å². The molecule has 2 nitrogen and oxygen atoms in total. The molecule has 0 aromatic heterocycles. The van der Waals surface area contributed by atoms with Gasteiger partial charge in [0.25, 0.3) is 0 Å². The van der Waals surface area contributed by atoms with Crippen LogP contribution in [0.2, 0.25) is 0 Å². The summed E-state index contributed by atoms with van der Waals surface area (Å²) in [7, 11) is 0. The molecule has 0 radical (unpaired) electrons. The SMILES string of the molecule is [2H]C(CCCCCCC)C([2H])([2H])C([2H])(O)O. The minimum atomic E-state index is -3.19. The molecule has 0 aromatic rings. The smallest absolute Gasteiger partial charge is 0.151 e. The van der Waals surface area contributed by atoms with Crippen LogP contribution in [0.3, 0.4) is 0 Å². The molecule has 0 aliphatic rings. The first-order chi connectivity index (χ1) is 7.23. The van der Waals surface area contributed by atoms with Crippen LogP contribution in [0.25, 0.3) is 0 Å². The van der Waals surface area contributed by atoms with E-state index < -0.39 is 19.0 Å². The maximum Gasteiger partial charge on any atom is 0.151 e. The lowest BCUT2D eigenvalue weighted by Gasteiger charge is -2.02. The molecule has 74 valence electrons. The first kappa shape index (κ1) is 6.39. The van der Waals surface area contributed by atoms with Gasteiger partial charge in [0, 0.05) is 4.11 Å². The molecule has 0 aromatic carbocycles. The van der Waals surface area contributed by atoms with Gasteiger partial charge in [0.2, 0.25) is 0 Å². The van der Waals surface area contributed by atoms with Crippen molar-refractivity contribution in [3.05, 3.63) is 0 Å². The van der Waals surface area contributed by atoms with Gasteiger partial charge < -0.3 is 10.2 Å². The third kappa shape index (κ3) is 9.92. The van der Waals surface area contributed by atoms with Gasteiger partial charge in [0.1, 0.15) is 0 Å². The second-order valence-electron chi connectivity index (χ2n) is 2.87. The highest BCUT2D eigenvalue weighted by Gasteiger charge is 1.96. The van der Waals surface area contributed by atoms with Gasteiger partial charge in [-0.15, -0.1) is 0 Å². The van der Waals surface area contributed by atoms with Crippen molar-refractivity contribution >= 4 is 0 Å². The lowest BCUT2D eigenvalue weighted by molar-refractivity contribution is -0.0466. The highest BCUT2D eigenvalue weighted by atomic mass is 16.5. The molecule has 0 aliphatic heterocycles. The molecule has 0 rings (SSSR count). The minimum Gasteiger partial charge on any atom is -0.368 e. The average Bonchev–Trinajstić information content (AvgIpc) is 2.15. The summed E-state index contributed by atoms with van der Waals surface area (Å²) in [5.74, 6) is 0. The van der Waals surface area contributed by atoms with Crippen LogP contribution in [0.5, 0.6) is 0 Å². The first-order valence-electron chi connectivity index (χ1n) is 6.68. The van der Waals surface area contributed by atoms with Crippen molar-refractivity contribution in [2.75, 3.05) is 0 Å². The molecule has 12 heavy (non-hydrogen) atoms. The van der Waals surface area contributed by atoms with Gasteiger partial charge in [-0.25, -0.2) is 0 Å². The third-order valence-corrected chi connectivity index (χ3v) is 1.68. The number of rotatable bonds is 8. The quantitative estimate of drug-likeness (QED) is 0.443. The lowest BCUT2D eigenvalue weighted by atomic mass is 10.1. The predicted octanol–water partition coefficient (Wildman–Crippen LogP) is 2.44. The van der Waals surface area contributed by atoms with E-state index in [9.17, 15) is 0 Å². The number of hydrogen-bond acceptors (Lipinski definition) is 2. The summed E-state index contributed by atoms with van der Waals surface area (Å²) in [6, 6.07) is 0. The second kappa shape index (κ2) is 9.01. The summed E-state index contributed by atoms with van der Waals surface area (Å²) >= 11 is 0. The maximum absolute atomic E-state index is 8.88. The topological polar surface area (TPSA) is 40.5 Å². The van der Waals surface area contributed by atoms with Gasteiger partial charge in [-0.05, 0) is 12.8 Å². The van der Waals surface area contributed by atoms with Gasteiger partial charge in [0.05, 0.1) is 1.37 Å². The van der Waals surface area contributed by atoms with Crippen molar-refractivity contribution in [3.8, 4) is 0 Å². The van der Waals surface area contributed by atoms with E-state index in [0.29, 0.717) is 6.42 Å². The van der Waals surface area contributed by atoms with Crippen molar-refractivity contribution in [1.29, 1.82) is 0 Å². The normalized spacial score (nSPS) is 20.6. The van der Waals surface area contributed by atoms with E-state index >= 15 is 0 Å². The predicted molar refractivity (Wildman–Crippen MR) is 50.8 cm³/mol. The molecule has 1 atom stereocenters. The molecule has 0 amide bonds. The molecule has 0 saturated carbocycles. The zero-order chi connectivity index (χ0) is 12.8. The second-order valence-corrected chi connectivity index (χ2v) is 2.87. The lowest BCUT2D eigenvalue weighted by Crippen LogP contribution is -2.02. The van der Waals surface area contributed by atoms with E-state index in [1.807, 2.05) is 0 Å². The zero-order valence-corrected chi connectivity index (χ0v) is 7.71. The Hall–Kier alpha value is -0.0800. The van der Waals surface area contributed by atoms with E-state index in [1.165, 1.54) is 0 Å².